The van der Waals surface area contributed by atoms with Crippen LogP contribution < -0.4 is 10.6 Å². The Kier molecular flexibility index (Phi) is 4.40. The van der Waals surface area contributed by atoms with Crippen LogP contribution in [-0.4, -0.2) is 28.5 Å². The maximum atomic E-state index is 11.8. The van der Waals surface area contributed by atoms with E-state index in [1.54, 1.807) is 20.9 Å². The van der Waals surface area contributed by atoms with Crippen LogP contribution in [0.4, 0.5) is 5.82 Å². The van der Waals surface area contributed by atoms with Crippen molar-refractivity contribution in [1.29, 1.82) is 0 Å². The molecule has 5 nitrogen and oxygen atoms in total. The molecule has 0 spiro atoms. The molecule has 7 heteroatoms. The highest BCUT2D eigenvalue weighted by atomic mass is 79.9. The van der Waals surface area contributed by atoms with Crippen LogP contribution >= 0.6 is 31.9 Å². The number of likely N-dealkylation sites (N-methyl/N-ethyl adjacent to an activating group) is 1. The first kappa shape index (κ1) is 13.5. The maximum absolute atomic E-state index is 11.8. The van der Waals surface area contributed by atoms with Gasteiger partial charge < -0.3 is 10.6 Å². The number of rotatable bonds is 3. The fraction of sp³-hybridized carbons (Fsp3) is 0.444. The summed E-state index contributed by atoms with van der Waals surface area (Å²) in [7, 11) is 1.72. The molecule has 0 fully saturated rings. The first-order chi connectivity index (χ1) is 7.36. The van der Waals surface area contributed by atoms with Crippen LogP contribution in [-0.2, 0) is 4.79 Å². The number of halogens is 2. The van der Waals surface area contributed by atoms with Crippen molar-refractivity contribution in [3.8, 4) is 0 Å². The van der Waals surface area contributed by atoms with Gasteiger partial charge in [-0.25, -0.2) is 9.97 Å². The standard InChI is InChI=1S/C9H12Br2N4O/c1-9(2,12-3)8(16)15-7-6(11)14-5(10)4-13-7/h4,12H,1-3H3,(H,13,15,16). The number of hydrogen-bond acceptors (Lipinski definition) is 4. The summed E-state index contributed by atoms with van der Waals surface area (Å²) in [5.41, 5.74) is -0.659. The van der Waals surface area contributed by atoms with Crippen LogP contribution in [0.25, 0.3) is 0 Å². The Labute approximate surface area is 111 Å². The van der Waals surface area contributed by atoms with Crippen molar-refractivity contribution in [2.75, 3.05) is 12.4 Å². The topological polar surface area (TPSA) is 66.9 Å². The molecule has 0 aliphatic carbocycles. The van der Waals surface area contributed by atoms with Gasteiger partial charge in [-0.2, -0.15) is 0 Å². The summed E-state index contributed by atoms with van der Waals surface area (Å²) in [6.45, 7) is 3.56. The first-order valence-corrected chi connectivity index (χ1v) is 6.14. The second-order valence-corrected chi connectivity index (χ2v) is 5.22. The number of carbonyl (C=O) groups excluding carboxylic acids is 1. The quantitative estimate of drug-likeness (QED) is 0.873. The van der Waals surface area contributed by atoms with Crippen LogP contribution in [0.1, 0.15) is 13.8 Å². The van der Waals surface area contributed by atoms with Gasteiger partial charge in [-0.1, -0.05) is 0 Å². The van der Waals surface area contributed by atoms with Gasteiger partial charge in [0, 0.05) is 0 Å². The van der Waals surface area contributed by atoms with Crippen molar-refractivity contribution in [3.05, 3.63) is 15.4 Å². The highest BCUT2D eigenvalue weighted by Crippen LogP contribution is 2.20. The van der Waals surface area contributed by atoms with Gasteiger partial charge in [0.05, 0.1) is 11.7 Å². The van der Waals surface area contributed by atoms with Crippen LogP contribution in [0.3, 0.4) is 0 Å². The molecule has 2 N–H and O–H groups in total. The minimum absolute atomic E-state index is 0.174. The Bertz CT molecular complexity index is 408. The molecule has 1 rings (SSSR count). The minimum Gasteiger partial charge on any atom is -0.307 e. The third kappa shape index (κ3) is 3.23. The number of amides is 1. The van der Waals surface area contributed by atoms with Gasteiger partial charge in [0.1, 0.15) is 9.21 Å². The molecule has 0 atom stereocenters. The van der Waals surface area contributed by atoms with E-state index in [1.165, 1.54) is 6.20 Å². The van der Waals surface area contributed by atoms with E-state index in [1.807, 2.05) is 0 Å². The molecular formula is C9H12Br2N4O. The van der Waals surface area contributed by atoms with Crippen molar-refractivity contribution < 1.29 is 4.79 Å². The van der Waals surface area contributed by atoms with Crippen LogP contribution in [0.2, 0.25) is 0 Å². The Morgan fingerprint density at radius 1 is 1.44 bits per heavy atom. The average Bonchev–Trinajstić information content (AvgIpc) is 2.22. The van der Waals surface area contributed by atoms with Crippen molar-refractivity contribution >= 4 is 43.6 Å². The number of carbonyl (C=O) groups is 1. The zero-order valence-corrected chi connectivity index (χ0v) is 12.3. The number of nitrogens with one attached hydrogen (secondary N) is 2. The zero-order valence-electron chi connectivity index (χ0n) is 9.14. The van der Waals surface area contributed by atoms with E-state index in [-0.39, 0.29) is 5.91 Å². The lowest BCUT2D eigenvalue weighted by Crippen LogP contribution is -2.48. The van der Waals surface area contributed by atoms with Crippen molar-refractivity contribution in [1.82, 2.24) is 15.3 Å². The Hall–Kier alpha value is -0.530. The summed E-state index contributed by atoms with van der Waals surface area (Å²) in [5, 5.41) is 5.59. The molecular weight excluding hydrogens is 340 g/mol. The highest BCUT2D eigenvalue weighted by molar-refractivity contribution is 9.11. The van der Waals surface area contributed by atoms with Gasteiger partial charge in [-0.05, 0) is 52.8 Å². The molecule has 0 radical (unpaired) electrons. The summed E-state index contributed by atoms with van der Waals surface area (Å²) >= 11 is 6.41. The molecule has 1 aromatic heterocycles. The monoisotopic (exact) mass is 350 g/mol. The smallest absolute Gasteiger partial charge is 0.245 e. The molecule has 0 saturated carbocycles. The van der Waals surface area contributed by atoms with E-state index >= 15 is 0 Å². The molecule has 0 aliphatic rings. The van der Waals surface area contributed by atoms with Gasteiger partial charge in [0.25, 0.3) is 0 Å². The largest absolute Gasteiger partial charge is 0.307 e. The lowest BCUT2D eigenvalue weighted by Gasteiger charge is -2.22. The van der Waals surface area contributed by atoms with E-state index < -0.39 is 5.54 Å². The van der Waals surface area contributed by atoms with Gasteiger partial charge in [-0.15, -0.1) is 0 Å². The van der Waals surface area contributed by atoms with E-state index in [0.29, 0.717) is 15.0 Å². The minimum atomic E-state index is -0.659. The summed E-state index contributed by atoms with van der Waals surface area (Å²) in [5.74, 6) is 0.226. The van der Waals surface area contributed by atoms with Gasteiger partial charge in [0.15, 0.2) is 5.82 Å². The van der Waals surface area contributed by atoms with Gasteiger partial charge in [-0.3, -0.25) is 4.79 Å². The number of nitrogens with zero attached hydrogens (tertiary/aromatic N) is 2. The number of hydrogen-bond donors (Lipinski definition) is 2. The predicted octanol–water partition coefficient (Wildman–Crippen LogP) is 1.94. The van der Waals surface area contributed by atoms with E-state index in [2.05, 4.69) is 52.5 Å². The van der Waals surface area contributed by atoms with E-state index in [0.717, 1.165) is 0 Å². The Morgan fingerprint density at radius 3 is 2.56 bits per heavy atom. The third-order valence-electron chi connectivity index (χ3n) is 2.13. The van der Waals surface area contributed by atoms with Crippen molar-refractivity contribution in [2.45, 2.75) is 19.4 Å². The normalized spacial score (nSPS) is 11.3. The molecule has 0 saturated heterocycles. The third-order valence-corrected chi connectivity index (χ3v) is 3.06. The lowest BCUT2D eigenvalue weighted by atomic mass is 10.1. The summed E-state index contributed by atoms with van der Waals surface area (Å²) in [6, 6.07) is 0. The molecule has 88 valence electrons. The summed E-state index contributed by atoms with van der Waals surface area (Å²) < 4.78 is 1.09. The number of aromatic nitrogens is 2. The fourth-order valence-corrected chi connectivity index (χ4v) is 1.72. The Balaban J connectivity index is 2.85. The summed E-state index contributed by atoms with van der Waals surface area (Å²) in [4.78, 5) is 19.9. The van der Waals surface area contributed by atoms with Crippen molar-refractivity contribution in [3.63, 3.8) is 0 Å². The van der Waals surface area contributed by atoms with Crippen LogP contribution in [0.15, 0.2) is 15.4 Å². The molecule has 16 heavy (non-hydrogen) atoms. The highest BCUT2D eigenvalue weighted by Gasteiger charge is 2.26. The molecule has 0 aromatic carbocycles. The molecule has 1 amide bonds. The zero-order chi connectivity index (χ0) is 12.3. The second kappa shape index (κ2) is 5.20. The molecule has 1 aromatic rings. The first-order valence-electron chi connectivity index (χ1n) is 4.55. The lowest BCUT2D eigenvalue weighted by molar-refractivity contribution is -0.121. The molecule has 0 bridgehead atoms. The Morgan fingerprint density at radius 2 is 2.06 bits per heavy atom. The summed E-state index contributed by atoms with van der Waals surface area (Å²) in [6.07, 6.45) is 1.52. The molecule has 0 unspecified atom stereocenters. The molecule has 1 heterocycles. The maximum Gasteiger partial charge on any atom is 0.245 e. The fourth-order valence-electron chi connectivity index (χ4n) is 0.808. The predicted molar refractivity (Wildman–Crippen MR) is 69.2 cm³/mol. The van der Waals surface area contributed by atoms with Crippen LogP contribution in [0, 0.1) is 0 Å². The van der Waals surface area contributed by atoms with E-state index in [4.69, 9.17) is 0 Å². The van der Waals surface area contributed by atoms with Crippen molar-refractivity contribution in [2.24, 2.45) is 0 Å². The molecule has 0 aliphatic heterocycles. The second-order valence-electron chi connectivity index (χ2n) is 3.66. The van der Waals surface area contributed by atoms with Gasteiger partial charge in [0.2, 0.25) is 5.91 Å². The average molecular weight is 352 g/mol. The van der Waals surface area contributed by atoms with E-state index in [9.17, 15) is 4.79 Å². The number of anilines is 1. The van der Waals surface area contributed by atoms with Gasteiger partial charge >= 0.3 is 0 Å². The SMILES string of the molecule is CNC(C)(C)C(=O)Nc1ncc(Br)nc1Br. The van der Waals surface area contributed by atoms with Crippen LogP contribution in [0.5, 0.6) is 0 Å².